The molecule has 5 nitrogen and oxygen atoms in total. The fraction of sp³-hybridized carbons (Fsp3) is 0.600. The van der Waals surface area contributed by atoms with Gasteiger partial charge in [-0.05, 0) is 42.3 Å². The number of aryl methyl sites for hydroxylation is 1. The average Bonchev–Trinajstić information content (AvgIpc) is 2.40. The third kappa shape index (κ3) is 3.06. The standard InChI is InChI=1S/C15H21BrN2O3/c1-5-21-14-8-13(15(14,3)4)17-11-6-9(2)12(18(19)20)7-10(11)16/h6-7,13-14,17H,5,8H2,1-4H3. The van der Waals surface area contributed by atoms with Crippen molar-refractivity contribution < 1.29 is 9.66 Å². The molecule has 1 N–H and O–H groups in total. The molecule has 0 spiro atoms. The molecule has 1 aliphatic carbocycles. The Morgan fingerprint density at radius 3 is 2.71 bits per heavy atom. The second-order valence-electron chi connectivity index (χ2n) is 6.07. The van der Waals surface area contributed by atoms with Crippen molar-refractivity contribution in [1.29, 1.82) is 0 Å². The van der Waals surface area contributed by atoms with Crippen molar-refractivity contribution in [3.63, 3.8) is 0 Å². The molecule has 1 aliphatic rings. The maximum absolute atomic E-state index is 10.9. The molecule has 116 valence electrons. The van der Waals surface area contributed by atoms with Crippen molar-refractivity contribution in [3.8, 4) is 0 Å². The van der Waals surface area contributed by atoms with Crippen LogP contribution in [-0.4, -0.2) is 23.7 Å². The van der Waals surface area contributed by atoms with E-state index in [2.05, 4.69) is 35.1 Å². The second-order valence-corrected chi connectivity index (χ2v) is 6.93. The summed E-state index contributed by atoms with van der Waals surface area (Å²) in [6.45, 7) is 8.85. The van der Waals surface area contributed by atoms with Gasteiger partial charge in [0.15, 0.2) is 0 Å². The SMILES string of the molecule is CCOC1CC(Nc2cc(C)c([N+](=O)[O-])cc2Br)C1(C)C. The first-order chi connectivity index (χ1) is 9.77. The lowest BCUT2D eigenvalue weighted by Gasteiger charge is -2.52. The molecule has 21 heavy (non-hydrogen) atoms. The summed E-state index contributed by atoms with van der Waals surface area (Å²) in [5.74, 6) is 0. The largest absolute Gasteiger partial charge is 0.381 e. The predicted octanol–water partition coefficient (Wildman–Crippen LogP) is 4.28. The van der Waals surface area contributed by atoms with E-state index in [1.807, 2.05) is 13.0 Å². The van der Waals surface area contributed by atoms with Crippen molar-refractivity contribution in [1.82, 2.24) is 0 Å². The van der Waals surface area contributed by atoms with E-state index in [4.69, 9.17) is 4.74 Å². The summed E-state index contributed by atoms with van der Waals surface area (Å²) in [6.07, 6.45) is 1.21. The van der Waals surface area contributed by atoms with Gasteiger partial charge in [0.1, 0.15) is 0 Å². The predicted molar refractivity (Wildman–Crippen MR) is 86.8 cm³/mol. The van der Waals surface area contributed by atoms with Crippen LogP contribution in [-0.2, 0) is 4.74 Å². The van der Waals surface area contributed by atoms with Gasteiger partial charge in [0.05, 0.1) is 11.0 Å². The van der Waals surface area contributed by atoms with E-state index in [1.165, 1.54) is 0 Å². The molecule has 2 rings (SSSR count). The highest BCUT2D eigenvalue weighted by Crippen LogP contribution is 2.45. The van der Waals surface area contributed by atoms with Gasteiger partial charge in [-0.3, -0.25) is 10.1 Å². The first kappa shape index (κ1) is 16.2. The van der Waals surface area contributed by atoms with Gasteiger partial charge < -0.3 is 10.1 Å². The number of nitro benzene ring substituents is 1. The molecule has 0 saturated heterocycles. The Labute approximate surface area is 133 Å². The first-order valence-electron chi connectivity index (χ1n) is 7.10. The lowest BCUT2D eigenvalue weighted by Crippen LogP contribution is -2.58. The number of ether oxygens (including phenoxy) is 1. The van der Waals surface area contributed by atoms with Gasteiger partial charge in [-0.15, -0.1) is 0 Å². The number of nitrogens with zero attached hydrogens (tertiary/aromatic N) is 1. The number of hydrogen-bond donors (Lipinski definition) is 1. The lowest BCUT2D eigenvalue weighted by molar-refractivity contribution is -0.385. The maximum Gasteiger partial charge on any atom is 0.273 e. The van der Waals surface area contributed by atoms with Crippen molar-refractivity contribution >= 4 is 27.3 Å². The van der Waals surface area contributed by atoms with E-state index in [1.54, 1.807) is 13.0 Å². The van der Waals surface area contributed by atoms with Gasteiger partial charge in [-0.1, -0.05) is 13.8 Å². The van der Waals surface area contributed by atoms with Crippen molar-refractivity contribution in [3.05, 3.63) is 32.3 Å². The smallest absolute Gasteiger partial charge is 0.273 e. The highest BCUT2D eigenvalue weighted by atomic mass is 79.9. The monoisotopic (exact) mass is 356 g/mol. The van der Waals surface area contributed by atoms with Crippen LogP contribution in [0.25, 0.3) is 0 Å². The Hall–Kier alpha value is -1.14. The summed E-state index contributed by atoms with van der Waals surface area (Å²) >= 11 is 3.42. The van der Waals surface area contributed by atoms with Crippen LogP contribution in [0.15, 0.2) is 16.6 Å². The topological polar surface area (TPSA) is 64.4 Å². The minimum atomic E-state index is -0.359. The highest BCUT2D eigenvalue weighted by Gasteiger charge is 2.49. The summed E-state index contributed by atoms with van der Waals surface area (Å²) in [5, 5.41) is 14.4. The van der Waals surface area contributed by atoms with Crippen molar-refractivity contribution in [2.75, 3.05) is 11.9 Å². The molecule has 6 heteroatoms. The van der Waals surface area contributed by atoms with Crippen molar-refractivity contribution in [2.24, 2.45) is 5.41 Å². The Kier molecular flexibility index (Phi) is 4.58. The molecule has 2 unspecified atom stereocenters. The van der Waals surface area contributed by atoms with E-state index in [0.29, 0.717) is 11.6 Å². The number of rotatable bonds is 5. The summed E-state index contributed by atoms with van der Waals surface area (Å²) < 4.78 is 6.44. The van der Waals surface area contributed by atoms with Gasteiger partial charge >= 0.3 is 0 Å². The minimum Gasteiger partial charge on any atom is -0.381 e. The van der Waals surface area contributed by atoms with Crippen LogP contribution in [0.3, 0.4) is 0 Å². The van der Waals surface area contributed by atoms with Crippen molar-refractivity contribution in [2.45, 2.75) is 46.3 Å². The van der Waals surface area contributed by atoms with Gasteiger partial charge in [-0.25, -0.2) is 0 Å². The molecule has 2 atom stereocenters. The normalized spacial score (nSPS) is 23.5. The Bertz CT molecular complexity index is 560. The average molecular weight is 357 g/mol. The fourth-order valence-electron chi connectivity index (χ4n) is 2.78. The zero-order chi connectivity index (χ0) is 15.8. The molecular formula is C15H21BrN2O3. The fourth-order valence-corrected chi connectivity index (χ4v) is 3.23. The molecule has 1 saturated carbocycles. The molecule has 0 heterocycles. The minimum absolute atomic E-state index is 0.0468. The lowest BCUT2D eigenvalue weighted by atomic mass is 9.64. The van der Waals surface area contributed by atoms with Crippen LogP contribution < -0.4 is 5.32 Å². The van der Waals surface area contributed by atoms with Crippen LogP contribution in [0.2, 0.25) is 0 Å². The number of nitro groups is 1. The number of hydrogen-bond acceptors (Lipinski definition) is 4. The highest BCUT2D eigenvalue weighted by molar-refractivity contribution is 9.10. The molecule has 1 fully saturated rings. The zero-order valence-corrected chi connectivity index (χ0v) is 14.4. The van der Waals surface area contributed by atoms with E-state index >= 15 is 0 Å². The zero-order valence-electron chi connectivity index (χ0n) is 12.8. The molecule has 1 aromatic rings. The maximum atomic E-state index is 10.9. The molecular weight excluding hydrogens is 336 g/mol. The first-order valence-corrected chi connectivity index (χ1v) is 7.89. The molecule has 0 aromatic heterocycles. The van der Waals surface area contributed by atoms with E-state index in [0.717, 1.165) is 23.2 Å². The van der Waals surface area contributed by atoms with Crippen LogP contribution in [0.1, 0.15) is 32.8 Å². The second kappa shape index (κ2) is 5.93. The summed E-state index contributed by atoms with van der Waals surface area (Å²) in [7, 11) is 0. The van der Waals surface area contributed by atoms with E-state index in [9.17, 15) is 10.1 Å². The number of nitrogens with one attached hydrogen (secondary N) is 1. The van der Waals surface area contributed by atoms with E-state index in [-0.39, 0.29) is 22.1 Å². The summed E-state index contributed by atoms with van der Waals surface area (Å²) in [4.78, 5) is 10.6. The Morgan fingerprint density at radius 2 is 2.19 bits per heavy atom. The van der Waals surface area contributed by atoms with Gasteiger partial charge in [0.25, 0.3) is 5.69 Å². The summed E-state index contributed by atoms with van der Waals surface area (Å²) in [6, 6.07) is 3.68. The van der Waals surface area contributed by atoms with Gasteiger partial charge in [-0.2, -0.15) is 0 Å². The van der Waals surface area contributed by atoms with Crippen LogP contribution in [0.5, 0.6) is 0 Å². The third-order valence-electron chi connectivity index (χ3n) is 4.36. The number of halogens is 1. The van der Waals surface area contributed by atoms with Gasteiger partial charge in [0, 0.05) is 39.9 Å². The Balaban J connectivity index is 2.15. The molecule has 0 aliphatic heterocycles. The molecule has 0 bridgehead atoms. The third-order valence-corrected chi connectivity index (χ3v) is 5.01. The number of benzene rings is 1. The van der Waals surface area contributed by atoms with Crippen LogP contribution >= 0.6 is 15.9 Å². The van der Waals surface area contributed by atoms with Gasteiger partial charge in [0.2, 0.25) is 0 Å². The quantitative estimate of drug-likeness (QED) is 0.631. The summed E-state index contributed by atoms with van der Waals surface area (Å²) in [5.41, 5.74) is 1.73. The molecule has 0 amide bonds. The molecule has 0 radical (unpaired) electrons. The molecule has 1 aromatic carbocycles. The van der Waals surface area contributed by atoms with Crippen LogP contribution in [0, 0.1) is 22.5 Å². The Morgan fingerprint density at radius 1 is 1.52 bits per heavy atom. The van der Waals surface area contributed by atoms with E-state index < -0.39 is 0 Å². The number of anilines is 1. The van der Waals surface area contributed by atoms with Crippen LogP contribution in [0.4, 0.5) is 11.4 Å².